The Morgan fingerprint density at radius 1 is 0.314 bits per heavy atom. The lowest BCUT2D eigenvalue weighted by Crippen LogP contribution is -2.10. The fourth-order valence-electron chi connectivity index (χ4n) is 6.68. The molecule has 0 saturated carbocycles. The number of benzene rings is 6. The van der Waals surface area contributed by atoms with Crippen molar-refractivity contribution in [2.75, 3.05) is 0 Å². The van der Waals surface area contributed by atoms with Gasteiger partial charge in [-0.2, -0.15) is 8.78 Å². The van der Waals surface area contributed by atoms with Gasteiger partial charge >= 0.3 is 0 Å². The number of alkyl halides is 2. The van der Waals surface area contributed by atoms with E-state index in [1.165, 1.54) is 12.1 Å². The summed E-state index contributed by atoms with van der Waals surface area (Å²) in [5, 5.41) is 0. The van der Waals surface area contributed by atoms with Crippen molar-refractivity contribution in [3.63, 3.8) is 0 Å². The third kappa shape index (κ3) is 5.57. The first-order valence-electron chi connectivity index (χ1n) is 16.7. The molecule has 1 aliphatic carbocycles. The Kier molecular flexibility index (Phi) is 7.36. The molecular weight excluding hydrogens is 635 g/mol. The van der Waals surface area contributed by atoms with Crippen LogP contribution >= 0.6 is 0 Å². The summed E-state index contributed by atoms with van der Waals surface area (Å²) in [5.74, 6) is -2.15. The van der Waals surface area contributed by atoms with E-state index in [9.17, 15) is 0 Å². The van der Waals surface area contributed by atoms with Gasteiger partial charge in [0, 0.05) is 44.5 Å². The van der Waals surface area contributed by atoms with E-state index in [0.29, 0.717) is 39.6 Å². The quantitative estimate of drug-likeness (QED) is 0.178. The minimum Gasteiger partial charge on any atom is -0.228 e. The molecule has 0 saturated heterocycles. The first-order chi connectivity index (χ1) is 25.0. The predicted molar refractivity (Wildman–Crippen MR) is 199 cm³/mol. The molecule has 0 bridgehead atoms. The minimum atomic E-state index is -3.17. The molecule has 4 nitrogen and oxygen atoms in total. The van der Waals surface area contributed by atoms with Crippen molar-refractivity contribution in [2.45, 2.75) is 5.92 Å². The lowest BCUT2D eigenvalue weighted by Gasteiger charge is -2.13. The van der Waals surface area contributed by atoms with Gasteiger partial charge in [-0.1, -0.05) is 146 Å². The van der Waals surface area contributed by atoms with Crippen LogP contribution in [0.3, 0.4) is 0 Å². The molecule has 0 atom stereocenters. The highest BCUT2D eigenvalue weighted by molar-refractivity contribution is 5.86. The molecule has 0 unspecified atom stereocenters. The summed E-state index contributed by atoms with van der Waals surface area (Å²) in [6.07, 6.45) is 0. The Labute approximate surface area is 293 Å². The zero-order valence-corrected chi connectivity index (χ0v) is 27.2. The lowest BCUT2D eigenvalue weighted by atomic mass is 9.98. The van der Waals surface area contributed by atoms with Crippen molar-refractivity contribution in [3.05, 3.63) is 181 Å². The molecule has 1 aliphatic rings. The number of aromatic nitrogens is 4. The smallest absolute Gasteiger partial charge is 0.228 e. The van der Waals surface area contributed by atoms with Crippen LogP contribution in [0.4, 0.5) is 8.78 Å². The highest BCUT2D eigenvalue weighted by atomic mass is 19.3. The normalized spacial score (nSPS) is 12.7. The van der Waals surface area contributed by atoms with E-state index in [2.05, 4.69) is 0 Å². The third-order valence-electron chi connectivity index (χ3n) is 9.25. The maximum Gasteiger partial charge on any atom is 0.299 e. The van der Waals surface area contributed by atoms with Gasteiger partial charge in [-0.25, -0.2) is 19.9 Å². The Hall–Kier alpha value is -6.66. The van der Waals surface area contributed by atoms with Crippen LogP contribution in [0.25, 0.3) is 78.9 Å². The average molecular weight is 663 g/mol. The molecule has 242 valence electrons. The second-order valence-corrected chi connectivity index (χ2v) is 12.5. The van der Waals surface area contributed by atoms with Gasteiger partial charge in [-0.15, -0.1) is 0 Å². The number of rotatable bonds is 6. The van der Waals surface area contributed by atoms with Gasteiger partial charge < -0.3 is 0 Å². The molecule has 6 aromatic carbocycles. The van der Waals surface area contributed by atoms with E-state index in [4.69, 9.17) is 19.9 Å². The Bertz CT molecular complexity index is 2250. The van der Waals surface area contributed by atoms with Gasteiger partial charge in [-0.05, 0) is 35.4 Å². The zero-order chi connectivity index (χ0) is 34.4. The summed E-state index contributed by atoms with van der Waals surface area (Å²) >= 11 is 0. The third-order valence-corrected chi connectivity index (χ3v) is 9.25. The van der Waals surface area contributed by atoms with E-state index in [-0.39, 0.29) is 11.1 Å². The van der Waals surface area contributed by atoms with Crippen molar-refractivity contribution in [2.24, 2.45) is 0 Å². The summed E-state index contributed by atoms with van der Waals surface area (Å²) in [6.45, 7) is 0. The molecule has 6 heteroatoms. The van der Waals surface area contributed by atoms with Gasteiger partial charge in [0.05, 0.1) is 22.8 Å². The van der Waals surface area contributed by atoms with E-state index in [1.54, 1.807) is 18.2 Å². The fourth-order valence-corrected chi connectivity index (χ4v) is 6.68. The Morgan fingerprint density at radius 2 is 0.647 bits per heavy atom. The molecule has 0 aliphatic heterocycles. The fraction of sp³-hybridized carbons (Fsp3) is 0.0222. The van der Waals surface area contributed by atoms with Gasteiger partial charge in [-0.3, -0.25) is 0 Å². The van der Waals surface area contributed by atoms with Gasteiger partial charge in [0.15, 0.2) is 11.6 Å². The topological polar surface area (TPSA) is 51.6 Å². The first kappa shape index (κ1) is 30.4. The SMILES string of the molecule is FC1(F)c2ccc(-c3cc(-c4ccccc4)nc(-c4ccccc4)n3)cc2-c2cc(-c3nc(-c4ccccc4)cc(-c4ccccc4)n3)ccc21. The molecule has 51 heavy (non-hydrogen) atoms. The molecule has 8 aromatic rings. The van der Waals surface area contributed by atoms with Crippen LogP contribution in [-0.2, 0) is 5.92 Å². The first-order valence-corrected chi connectivity index (χ1v) is 16.7. The highest BCUT2D eigenvalue weighted by Gasteiger charge is 2.44. The maximum atomic E-state index is 16.1. The lowest BCUT2D eigenvalue weighted by molar-refractivity contribution is 0.0480. The average Bonchev–Trinajstić information content (AvgIpc) is 3.43. The van der Waals surface area contributed by atoms with Gasteiger partial charge in [0.1, 0.15) is 0 Å². The van der Waals surface area contributed by atoms with Gasteiger partial charge in [0.2, 0.25) is 0 Å². The summed E-state index contributed by atoms with van der Waals surface area (Å²) in [6, 6.07) is 53.4. The van der Waals surface area contributed by atoms with Crippen molar-refractivity contribution >= 4 is 0 Å². The number of hydrogen-bond acceptors (Lipinski definition) is 4. The second kappa shape index (κ2) is 12.3. The molecule has 0 spiro atoms. The van der Waals surface area contributed by atoms with Crippen LogP contribution in [0.2, 0.25) is 0 Å². The van der Waals surface area contributed by atoms with Crippen molar-refractivity contribution in [1.82, 2.24) is 19.9 Å². The van der Waals surface area contributed by atoms with E-state index >= 15 is 8.78 Å². The molecule has 9 rings (SSSR count). The van der Waals surface area contributed by atoms with Crippen molar-refractivity contribution < 1.29 is 8.78 Å². The van der Waals surface area contributed by atoms with Crippen molar-refractivity contribution in [3.8, 4) is 78.9 Å². The number of nitrogens with zero attached hydrogens (tertiary/aromatic N) is 4. The van der Waals surface area contributed by atoms with E-state index in [0.717, 1.165) is 39.3 Å². The van der Waals surface area contributed by atoms with Crippen LogP contribution in [0.1, 0.15) is 11.1 Å². The largest absolute Gasteiger partial charge is 0.299 e. The molecule has 2 aromatic heterocycles. The molecule has 0 radical (unpaired) electrons. The van der Waals surface area contributed by atoms with Crippen molar-refractivity contribution in [1.29, 1.82) is 0 Å². The molecular formula is C45H28F2N4. The zero-order valence-electron chi connectivity index (χ0n) is 27.2. The van der Waals surface area contributed by atoms with Gasteiger partial charge in [0.25, 0.3) is 5.92 Å². The van der Waals surface area contributed by atoms with Crippen LogP contribution in [0, 0.1) is 0 Å². The molecule has 0 amide bonds. The number of fused-ring (bicyclic) bond motifs is 3. The molecule has 0 fully saturated rings. The summed E-state index contributed by atoms with van der Waals surface area (Å²) < 4.78 is 32.2. The van der Waals surface area contributed by atoms with E-state index in [1.807, 2.05) is 140 Å². The second-order valence-electron chi connectivity index (χ2n) is 12.5. The highest BCUT2D eigenvalue weighted by Crippen LogP contribution is 2.52. The Balaban J connectivity index is 1.19. The Morgan fingerprint density at radius 3 is 1.08 bits per heavy atom. The van der Waals surface area contributed by atoms with Crippen LogP contribution in [0.5, 0.6) is 0 Å². The summed E-state index contributed by atoms with van der Waals surface area (Å²) in [4.78, 5) is 19.7. The number of halogens is 2. The minimum absolute atomic E-state index is 0.0389. The van der Waals surface area contributed by atoms with E-state index < -0.39 is 5.92 Å². The summed E-state index contributed by atoms with van der Waals surface area (Å²) in [5.41, 5.74) is 8.77. The van der Waals surface area contributed by atoms with Crippen LogP contribution in [0.15, 0.2) is 170 Å². The number of hydrogen-bond donors (Lipinski definition) is 0. The molecule has 2 heterocycles. The van der Waals surface area contributed by atoms with Crippen LogP contribution in [-0.4, -0.2) is 19.9 Å². The summed E-state index contributed by atoms with van der Waals surface area (Å²) in [7, 11) is 0. The molecule has 0 N–H and O–H groups in total. The standard InChI is InChI=1S/C45H28F2N4/c46-45(47)37-23-21-33(42-28-41(31-17-9-3-10-18-31)48-43(51-42)32-19-11-4-12-20-32)25-35(37)36-26-34(22-24-38(36)45)44-49-39(29-13-5-1-6-14-29)27-40(50-44)30-15-7-2-8-16-30/h1-28H. The van der Waals surface area contributed by atoms with Crippen LogP contribution < -0.4 is 0 Å². The monoisotopic (exact) mass is 662 g/mol. The predicted octanol–water partition coefficient (Wildman–Crippen LogP) is 11.4. The maximum absolute atomic E-state index is 16.1.